The minimum Gasteiger partial charge on any atom is -0.450 e. The van der Waals surface area contributed by atoms with Crippen molar-refractivity contribution >= 4 is 12.0 Å². The molecule has 0 saturated heterocycles. The highest BCUT2D eigenvalue weighted by atomic mass is 16.6. The minimum absolute atomic E-state index is 0.0764. The van der Waals surface area contributed by atoms with Crippen molar-refractivity contribution in [2.24, 2.45) is 0 Å². The highest BCUT2D eigenvalue weighted by molar-refractivity contribution is 6.02. The molecular weight excluding hydrogens is 246 g/mol. The van der Waals surface area contributed by atoms with Crippen LogP contribution in [-0.2, 0) is 4.74 Å². The Labute approximate surface area is 100 Å². The van der Waals surface area contributed by atoms with Gasteiger partial charge in [0.25, 0.3) is 11.5 Å². The van der Waals surface area contributed by atoms with Gasteiger partial charge in [0.2, 0.25) is 0 Å². The SMILES string of the molecule is CCOC(=O)NC(=O)c1cn(OC)c(=O)[nH]c1=O. The Morgan fingerprint density at radius 3 is 2.67 bits per heavy atom. The zero-order valence-corrected chi connectivity index (χ0v) is 9.68. The number of hydrogen-bond donors (Lipinski definition) is 2. The molecule has 1 rings (SSSR count). The molecule has 0 aliphatic carbocycles. The summed E-state index contributed by atoms with van der Waals surface area (Å²) in [7, 11) is 1.17. The molecule has 0 spiro atoms. The number of carbonyl (C=O) groups excluding carboxylic acids is 2. The van der Waals surface area contributed by atoms with Gasteiger partial charge in [0, 0.05) is 0 Å². The highest BCUT2D eigenvalue weighted by Gasteiger charge is 2.16. The third kappa shape index (κ3) is 2.97. The summed E-state index contributed by atoms with van der Waals surface area (Å²) in [4.78, 5) is 51.4. The smallest absolute Gasteiger partial charge is 0.414 e. The highest BCUT2D eigenvalue weighted by Crippen LogP contribution is 1.88. The lowest BCUT2D eigenvalue weighted by molar-refractivity contribution is 0.0915. The van der Waals surface area contributed by atoms with Crippen molar-refractivity contribution < 1.29 is 19.2 Å². The number of imide groups is 1. The summed E-state index contributed by atoms with van der Waals surface area (Å²) in [5.74, 6) is -1.000. The van der Waals surface area contributed by atoms with Crippen LogP contribution < -0.4 is 21.4 Å². The second-order valence-electron chi connectivity index (χ2n) is 2.99. The molecule has 2 N–H and O–H groups in total. The molecular formula is C9H11N3O6. The van der Waals surface area contributed by atoms with Crippen LogP contribution in [-0.4, -0.2) is 35.4 Å². The number of hydrogen-bond acceptors (Lipinski definition) is 6. The molecule has 9 nitrogen and oxygen atoms in total. The monoisotopic (exact) mass is 257 g/mol. The van der Waals surface area contributed by atoms with Crippen LogP contribution in [0.25, 0.3) is 0 Å². The van der Waals surface area contributed by atoms with Crippen LogP contribution in [0.2, 0.25) is 0 Å². The lowest BCUT2D eigenvalue weighted by atomic mass is 10.3. The van der Waals surface area contributed by atoms with Crippen molar-refractivity contribution in [2.75, 3.05) is 13.7 Å². The van der Waals surface area contributed by atoms with E-state index in [1.165, 1.54) is 7.11 Å². The van der Waals surface area contributed by atoms with E-state index in [4.69, 9.17) is 0 Å². The summed E-state index contributed by atoms with van der Waals surface area (Å²) in [6.07, 6.45) is -0.118. The maximum atomic E-state index is 11.5. The first-order chi connectivity index (χ1) is 8.49. The van der Waals surface area contributed by atoms with Crippen molar-refractivity contribution in [3.05, 3.63) is 32.6 Å². The summed E-state index contributed by atoms with van der Waals surface area (Å²) < 4.78 is 5.11. The van der Waals surface area contributed by atoms with E-state index in [9.17, 15) is 19.2 Å². The topological polar surface area (TPSA) is 119 Å². The first-order valence-electron chi connectivity index (χ1n) is 4.88. The van der Waals surface area contributed by atoms with Crippen LogP contribution in [0.5, 0.6) is 0 Å². The van der Waals surface area contributed by atoms with Crippen LogP contribution in [0.3, 0.4) is 0 Å². The van der Waals surface area contributed by atoms with Crippen molar-refractivity contribution in [1.82, 2.24) is 15.0 Å². The molecule has 0 aliphatic rings. The molecule has 0 radical (unpaired) electrons. The molecule has 9 heteroatoms. The van der Waals surface area contributed by atoms with Gasteiger partial charge in [0.05, 0.1) is 12.8 Å². The Hall–Kier alpha value is -2.58. The second-order valence-corrected chi connectivity index (χ2v) is 2.99. The van der Waals surface area contributed by atoms with Gasteiger partial charge in [-0.2, -0.15) is 0 Å². The molecule has 1 aromatic heterocycles. The Morgan fingerprint density at radius 2 is 2.11 bits per heavy atom. The van der Waals surface area contributed by atoms with Crippen LogP contribution in [0.1, 0.15) is 17.3 Å². The number of carbonyl (C=O) groups is 2. The number of amides is 2. The number of aromatic amines is 1. The fourth-order valence-electron chi connectivity index (χ4n) is 1.08. The van der Waals surface area contributed by atoms with Crippen molar-refractivity contribution in [3.63, 3.8) is 0 Å². The molecule has 0 unspecified atom stereocenters. The number of nitrogens with one attached hydrogen (secondary N) is 2. The van der Waals surface area contributed by atoms with E-state index < -0.39 is 28.8 Å². The summed E-state index contributed by atoms with van der Waals surface area (Å²) in [6.45, 7) is 1.63. The standard InChI is InChI=1S/C9H11N3O6/c1-3-18-9(16)11-7(14)5-4-12(17-2)8(15)10-6(5)13/h4H,3H2,1-2H3,(H,10,13,15)(H,11,14,16). The lowest BCUT2D eigenvalue weighted by Gasteiger charge is -2.05. The number of alkyl carbamates (subject to hydrolysis) is 1. The summed E-state index contributed by atoms with van der Waals surface area (Å²) in [6, 6.07) is 0. The first kappa shape index (κ1) is 13.5. The van der Waals surface area contributed by atoms with Gasteiger partial charge in [-0.25, -0.2) is 9.59 Å². The van der Waals surface area contributed by atoms with Crippen molar-refractivity contribution in [2.45, 2.75) is 6.92 Å². The molecule has 0 bridgehead atoms. The Balaban J connectivity index is 3.03. The summed E-state index contributed by atoms with van der Waals surface area (Å²) in [5.41, 5.74) is -2.23. The molecule has 0 fully saturated rings. The number of nitrogens with zero attached hydrogens (tertiary/aromatic N) is 1. The minimum atomic E-state index is -1.000. The van der Waals surface area contributed by atoms with Gasteiger partial charge in [0.1, 0.15) is 12.7 Å². The average Bonchev–Trinajstić information content (AvgIpc) is 2.29. The van der Waals surface area contributed by atoms with Crippen molar-refractivity contribution in [3.8, 4) is 0 Å². The van der Waals surface area contributed by atoms with Gasteiger partial charge in [-0.3, -0.25) is 19.9 Å². The van der Waals surface area contributed by atoms with Crippen molar-refractivity contribution in [1.29, 1.82) is 0 Å². The molecule has 0 atom stereocenters. The molecule has 0 saturated carbocycles. The van der Waals surface area contributed by atoms with Gasteiger partial charge in [-0.1, -0.05) is 0 Å². The fourth-order valence-corrected chi connectivity index (χ4v) is 1.08. The van der Waals surface area contributed by atoms with E-state index >= 15 is 0 Å². The second kappa shape index (κ2) is 5.66. The van der Waals surface area contributed by atoms with Crippen LogP contribution >= 0.6 is 0 Å². The Bertz CT molecular complexity index is 572. The zero-order valence-electron chi connectivity index (χ0n) is 9.68. The third-order valence-corrected chi connectivity index (χ3v) is 1.84. The number of ether oxygens (including phenoxy) is 1. The van der Waals surface area contributed by atoms with Gasteiger partial charge < -0.3 is 9.57 Å². The third-order valence-electron chi connectivity index (χ3n) is 1.84. The summed E-state index contributed by atoms with van der Waals surface area (Å²) >= 11 is 0. The predicted octanol–water partition coefficient (Wildman–Crippen LogP) is -1.52. The molecule has 2 amide bonds. The number of aromatic nitrogens is 2. The van der Waals surface area contributed by atoms with E-state index in [0.717, 1.165) is 6.20 Å². The molecule has 18 heavy (non-hydrogen) atoms. The van der Waals surface area contributed by atoms with E-state index in [-0.39, 0.29) is 6.61 Å². The van der Waals surface area contributed by atoms with E-state index in [2.05, 4.69) is 9.57 Å². The zero-order chi connectivity index (χ0) is 13.7. The molecule has 1 aromatic rings. The maximum absolute atomic E-state index is 11.5. The molecule has 98 valence electrons. The lowest BCUT2D eigenvalue weighted by Crippen LogP contribution is -2.40. The Kier molecular flexibility index (Phi) is 4.24. The average molecular weight is 257 g/mol. The predicted molar refractivity (Wildman–Crippen MR) is 58.3 cm³/mol. The van der Waals surface area contributed by atoms with Gasteiger partial charge >= 0.3 is 11.8 Å². The maximum Gasteiger partial charge on any atom is 0.414 e. The normalized spacial score (nSPS) is 9.67. The molecule has 1 heterocycles. The largest absolute Gasteiger partial charge is 0.450 e. The Morgan fingerprint density at radius 1 is 1.44 bits per heavy atom. The quantitative estimate of drug-likeness (QED) is 0.678. The first-order valence-corrected chi connectivity index (χ1v) is 4.88. The fraction of sp³-hybridized carbons (Fsp3) is 0.333. The van der Waals surface area contributed by atoms with Crippen LogP contribution in [0, 0.1) is 0 Å². The van der Waals surface area contributed by atoms with E-state index in [1.807, 2.05) is 10.3 Å². The summed E-state index contributed by atoms with van der Waals surface area (Å²) in [5, 5.41) is 1.82. The number of H-pyrrole nitrogens is 1. The number of rotatable bonds is 3. The van der Waals surface area contributed by atoms with E-state index in [1.54, 1.807) is 6.92 Å². The molecule has 0 aromatic carbocycles. The molecule has 0 aliphatic heterocycles. The van der Waals surface area contributed by atoms with Gasteiger partial charge in [-0.05, 0) is 6.92 Å². The van der Waals surface area contributed by atoms with E-state index in [0.29, 0.717) is 4.73 Å². The van der Waals surface area contributed by atoms with Crippen LogP contribution in [0.15, 0.2) is 15.8 Å². The van der Waals surface area contributed by atoms with Gasteiger partial charge in [-0.15, -0.1) is 4.73 Å². The van der Waals surface area contributed by atoms with Crippen LogP contribution in [0.4, 0.5) is 4.79 Å². The van der Waals surface area contributed by atoms with Gasteiger partial charge in [0.15, 0.2) is 0 Å².